The molecular formula is C10H7FN2OS. The van der Waals surface area contributed by atoms with Gasteiger partial charge in [-0.25, -0.2) is 9.37 Å². The van der Waals surface area contributed by atoms with Gasteiger partial charge >= 0.3 is 0 Å². The summed E-state index contributed by atoms with van der Waals surface area (Å²) in [6, 6.07) is 3.90. The van der Waals surface area contributed by atoms with Gasteiger partial charge in [-0.3, -0.25) is 4.79 Å². The maximum Gasteiger partial charge on any atom is 0.215 e. The van der Waals surface area contributed by atoms with Crippen LogP contribution in [0.4, 0.5) is 10.1 Å². The standard InChI is InChI=1S/C10H7FN2OS/c11-8-2-1-6(12)3-7(8)10(14)9-4-15-5-13-9/h1-5H,12H2. The van der Waals surface area contributed by atoms with E-state index < -0.39 is 11.6 Å². The van der Waals surface area contributed by atoms with Crippen LogP contribution in [0, 0.1) is 5.82 Å². The molecule has 2 rings (SSSR count). The van der Waals surface area contributed by atoms with Gasteiger partial charge < -0.3 is 5.73 Å². The summed E-state index contributed by atoms with van der Waals surface area (Å²) in [5.74, 6) is -1.02. The summed E-state index contributed by atoms with van der Waals surface area (Å²) in [5, 5.41) is 1.57. The van der Waals surface area contributed by atoms with Crippen molar-refractivity contribution in [2.45, 2.75) is 0 Å². The zero-order valence-corrected chi connectivity index (χ0v) is 8.42. The molecule has 0 fully saturated rings. The van der Waals surface area contributed by atoms with Crippen LogP contribution in [0.15, 0.2) is 29.1 Å². The summed E-state index contributed by atoms with van der Waals surface area (Å²) in [7, 11) is 0. The molecule has 0 saturated heterocycles. The zero-order chi connectivity index (χ0) is 10.8. The van der Waals surface area contributed by atoms with Crippen LogP contribution in [0.1, 0.15) is 16.1 Å². The number of ketones is 1. The van der Waals surface area contributed by atoms with Crippen LogP contribution in [-0.2, 0) is 0 Å². The highest BCUT2D eigenvalue weighted by atomic mass is 32.1. The first-order valence-electron chi connectivity index (χ1n) is 4.16. The summed E-state index contributed by atoms with van der Waals surface area (Å²) < 4.78 is 13.3. The van der Waals surface area contributed by atoms with Crippen molar-refractivity contribution in [3.63, 3.8) is 0 Å². The summed E-state index contributed by atoms with van der Waals surface area (Å²) in [5.41, 5.74) is 7.56. The number of nitrogen functional groups attached to an aromatic ring is 1. The normalized spacial score (nSPS) is 10.2. The fourth-order valence-corrected chi connectivity index (χ4v) is 1.71. The van der Waals surface area contributed by atoms with Gasteiger partial charge in [0, 0.05) is 11.1 Å². The van der Waals surface area contributed by atoms with Crippen molar-refractivity contribution in [2.75, 3.05) is 5.73 Å². The molecule has 0 bridgehead atoms. The highest BCUT2D eigenvalue weighted by molar-refractivity contribution is 7.07. The molecule has 5 heteroatoms. The summed E-state index contributed by atoms with van der Waals surface area (Å²) in [6.07, 6.45) is 0. The molecule has 76 valence electrons. The Labute approximate surface area is 89.4 Å². The Morgan fingerprint density at radius 1 is 1.47 bits per heavy atom. The zero-order valence-electron chi connectivity index (χ0n) is 7.61. The van der Waals surface area contributed by atoms with E-state index in [1.807, 2.05) is 0 Å². The van der Waals surface area contributed by atoms with Crippen LogP contribution in [0.3, 0.4) is 0 Å². The van der Waals surface area contributed by atoms with Crippen LogP contribution in [-0.4, -0.2) is 10.8 Å². The molecule has 1 heterocycles. The van der Waals surface area contributed by atoms with Gasteiger partial charge in [-0.2, -0.15) is 0 Å². The van der Waals surface area contributed by atoms with Crippen molar-refractivity contribution in [1.82, 2.24) is 4.98 Å². The molecule has 0 spiro atoms. The van der Waals surface area contributed by atoms with Crippen LogP contribution < -0.4 is 5.73 Å². The predicted molar refractivity (Wildman–Crippen MR) is 56.4 cm³/mol. The number of nitrogens with two attached hydrogens (primary N) is 1. The number of anilines is 1. The number of carbonyl (C=O) groups excluding carboxylic acids is 1. The van der Waals surface area contributed by atoms with Crippen LogP contribution in [0.2, 0.25) is 0 Å². The summed E-state index contributed by atoms with van der Waals surface area (Å²) >= 11 is 1.29. The minimum Gasteiger partial charge on any atom is -0.399 e. The minimum absolute atomic E-state index is 0.0408. The Bertz CT molecular complexity index is 496. The maximum atomic E-state index is 13.3. The first kappa shape index (κ1) is 9.79. The lowest BCUT2D eigenvalue weighted by molar-refractivity contribution is 0.103. The number of halogens is 1. The van der Waals surface area contributed by atoms with Crippen molar-refractivity contribution in [1.29, 1.82) is 0 Å². The predicted octanol–water partition coefficient (Wildman–Crippen LogP) is 2.10. The molecule has 0 unspecified atom stereocenters. The molecule has 0 amide bonds. The molecule has 15 heavy (non-hydrogen) atoms. The third-order valence-electron chi connectivity index (χ3n) is 1.90. The van der Waals surface area contributed by atoms with E-state index in [-0.39, 0.29) is 11.3 Å². The van der Waals surface area contributed by atoms with E-state index in [1.165, 1.54) is 35.0 Å². The number of benzene rings is 1. The Balaban J connectivity index is 2.46. The first-order chi connectivity index (χ1) is 7.18. The van der Waals surface area contributed by atoms with Gasteiger partial charge in [0.25, 0.3) is 0 Å². The molecular weight excluding hydrogens is 215 g/mol. The number of hydrogen-bond acceptors (Lipinski definition) is 4. The lowest BCUT2D eigenvalue weighted by Gasteiger charge is -2.01. The summed E-state index contributed by atoms with van der Waals surface area (Å²) in [4.78, 5) is 15.6. The highest BCUT2D eigenvalue weighted by Gasteiger charge is 2.15. The van der Waals surface area contributed by atoms with Gasteiger partial charge in [-0.15, -0.1) is 11.3 Å². The minimum atomic E-state index is -0.581. The molecule has 1 aromatic carbocycles. The Hall–Kier alpha value is -1.75. The van der Waals surface area contributed by atoms with E-state index in [1.54, 1.807) is 5.38 Å². The van der Waals surface area contributed by atoms with E-state index in [0.29, 0.717) is 5.69 Å². The molecule has 3 nitrogen and oxygen atoms in total. The SMILES string of the molecule is Nc1ccc(F)c(C(=O)c2cscn2)c1. The second-order valence-electron chi connectivity index (χ2n) is 2.94. The molecule has 0 atom stereocenters. The quantitative estimate of drug-likeness (QED) is 0.625. The Morgan fingerprint density at radius 3 is 2.93 bits per heavy atom. The van der Waals surface area contributed by atoms with E-state index in [2.05, 4.69) is 4.98 Å². The number of thiazole rings is 1. The fourth-order valence-electron chi connectivity index (χ4n) is 1.18. The molecule has 0 aliphatic carbocycles. The number of nitrogens with zero attached hydrogens (tertiary/aromatic N) is 1. The third-order valence-corrected chi connectivity index (χ3v) is 2.49. The van der Waals surface area contributed by atoms with E-state index in [9.17, 15) is 9.18 Å². The molecule has 0 aliphatic heterocycles. The largest absolute Gasteiger partial charge is 0.399 e. The lowest BCUT2D eigenvalue weighted by atomic mass is 10.1. The number of carbonyl (C=O) groups is 1. The Morgan fingerprint density at radius 2 is 2.27 bits per heavy atom. The molecule has 2 aromatic rings. The fraction of sp³-hybridized carbons (Fsp3) is 0. The van der Waals surface area contributed by atoms with Crippen LogP contribution in [0.5, 0.6) is 0 Å². The molecule has 1 aromatic heterocycles. The van der Waals surface area contributed by atoms with E-state index in [0.717, 1.165) is 0 Å². The van der Waals surface area contributed by atoms with Crippen molar-refractivity contribution in [2.24, 2.45) is 0 Å². The molecule has 0 aliphatic rings. The monoisotopic (exact) mass is 222 g/mol. The smallest absolute Gasteiger partial charge is 0.215 e. The van der Waals surface area contributed by atoms with Crippen molar-refractivity contribution in [3.8, 4) is 0 Å². The topological polar surface area (TPSA) is 56.0 Å². The van der Waals surface area contributed by atoms with Crippen molar-refractivity contribution in [3.05, 3.63) is 46.2 Å². The summed E-state index contributed by atoms with van der Waals surface area (Å²) in [6.45, 7) is 0. The van der Waals surface area contributed by atoms with Gasteiger partial charge in [-0.05, 0) is 18.2 Å². The van der Waals surface area contributed by atoms with Crippen LogP contribution >= 0.6 is 11.3 Å². The maximum absolute atomic E-state index is 13.3. The van der Waals surface area contributed by atoms with Crippen molar-refractivity contribution < 1.29 is 9.18 Å². The van der Waals surface area contributed by atoms with Crippen LogP contribution in [0.25, 0.3) is 0 Å². The van der Waals surface area contributed by atoms with Gasteiger partial charge in [0.15, 0.2) is 0 Å². The number of rotatable bonds is 2. The molecule has 2 N–H and O–H groups in total. The Kier molecular flexibility index (Phi) is 2.47. The average Bonchev–Trinajstić information content (AvgIpc) is 2.74. The van der Waals surface area contributed by atoms with E-state index >= 15 is 0 Å². The first-order valence-corrected chi connectivity index (χ1v) is 5.10. The number of aromatic nitrogens is 1. The molecule has 0 radical (unpaired) electrons. The van der Waals surface area contributed by atoms with Gasteiger partial charge in [-0.1, -0.05) is 0 Å². The van der Waals surface area contributed by atoms with Crippen molar-refractivity contribution >= 4 is 22.8 Å². The van der Waals surface area contributed by atoms with E-state index in [4.69, 9.17) is 5.73 Å². The lowest BCUT2D eigenvalue weighted by Crippen LogP contribution is -2.05. The average molecular weight is 222 g/mol. The van der Waals surface area contributed by atoms with Gasteiger partial charge in [0.2, 0.25) is 5.78 Å². The highest BCUT2D eigenvalue weighted by Crippen LogP contribution is 2.16. The van der Waals surface area contributed by atoms with Gasteiger partial charge in [0.1, 0.15) is 11.5 Å². The molecule has 0 saturated carbocycles. The number of hydrogen-bond donors (Lipinski definition) is 1. The second-order valence-corrected chi connectivity index (χ2v) is 3.66. The van der Waals surface area contributed by atoms with Gasteiger partial charge in [0.05, 0.1) is 11.1 Å². The third kappa shape index (κ3) is 1.87. The second kappa shape index (κ2) is 3.78.